The maximum atomic E-state index is 4.36. The molecule has 20 heavy (non-hydrogen) atoms. The third kappa shape index (κ3) is 2.67. The molecule has 3 nitrogen and oxygen atoms in total. The molecule has 1 heterocycles. The normalized spacial score (nSPS) is 11.5. The van der Waals surface area contributed by atoms with Gasteiger partial charge in [-0.15, -0.1) is 10.2 Å². The summed E-state index contributed by atoms with van der Waals surface area (Å²) in [7, 11) is 1.87. The van der Waals surface area contributed by atoms with Crippen LogP contribution in [0.2, 0.25) is 0 Å². The molecule has 1 aromatic heterocycles. The largest absolute Gasteiger partial charge is 0.371 e. The Kier molecular flexibility index (Phi) is 3.80. The smallest absolute Gasteiger partial charge is 0.151 e. The monoisotopic (exact) mass is 269 g/mol. The summed E-state index contributed by atoms with van der Waals surface area (Å²) in [6.45, 7) is 10.8. The standard InChI is InChI=1S/C17H23N3/c1-11-12(2)16(18-6)20-19-15(11)13-7-9-14(10-8-13)17(3,4)5/h7-10H,1-6H3,(H,18,20). The van der Waals surface area contributed by atoms with Gasteiger partial charge in [-0.3, -0.25) is 0 Å². The number of aromatic nitrogens is 2. The highest BCUT2D eigenvalue weighted by Crippen LogP contribution is 2.28. The average molecular weight is 269 g/mol. The van der Waals surface area contributed by atoms with Gasteiger partial charge in [-0.05, 0) is 36.0 Å². The van der Waals surface area contributed by atoms with Crippen LogP contribution >= 0.6 is 0 Å². The maximum Gasteiger partial charge on any atom is 0.151 e. The highest BCUT2D eigenvalue weighted by atomic mass is 15.2. The molecular formula is C17H23N3. The first kappa shape index (κ1) is 14.5. The summed E-state index contributed by atoms with van der Waals surface area (Å²) in [4.78, 5) is 0. The van der Waals surface area contributed by atoms with Crippen molar-refractivity contribution < 1.29 is 0 Å². The summed E-state index contributed by atoms with van der Waals surface area (Å²) in [6.07, 6.45) is 0. The van der Waals surface area contributed by atoms with E-state index in [9.17, 15) is 0 Å². The molecule has 0 amide bonds. The van der Waals surface area contributed by atoms with E-state index in [2.05, 4.69) is 74.4 Å². The van der Waals surface area contributed by atoms with Gasteiger partial charge >= 0.3 is 0 Å². The Morgan fingerprint density at radius 1 is 0.900 bits per heavy atom. The van der Waals surface area contributed by atoms with E-state index >= 15 is 0 Å². The summed E-state index contributed by atoms with van der Waals surface area (Å²) >= 11 is 0. The summed E-state index contributed by atoms with van der Waals surface area (Å²) < 4.78 is 0. The summed E-state index contributed by atoms with van der Waals surface area (Å²) in [6, 6.07) is 8.63. The third-order valence-corrected chi connectivity index (χ3v) is 3.78. The van der Waals surface area contributed by atoms with Crippen molar-refractivity contribution in [3.8, 4) is 11.3 Å². The minimum Gasteiger partial charge on any atom is -0.371 e. The molecule has 1 aromatic carbocycles. The van der Waals surface area contributed by atoms with Crippen LogP contribution in [0, 0.1) is 13.8 Å². The predicted octanol–water partition coefficient (Wildman–Crippen LogP) is 4.10. The first-order chi connectivity index (χ1) is 9.34. The van der Waals surface area contributed by atoms with Crippen LogP contribution in [0.15, 0.2) is 24.3 Å². The van der Waals surface area contributed by atoms with Crippen LogP contribution < -0.4 is 5.32 Å². The lowest BCUT2D eigenvalue weighted by Crippen LogP contribution is -2.10. The first-order valence-electron chi connectivity index (χ1n) is 6.97. The van der Waals surface area contributed by atoms with Crippen LogP contribution in [0.4, 0.5) is 5.82 Å². The van der Waals surface area contributed by atoms with E-state index in [1.54, 1.807) is 0 Å². The molecule has 0 saturated carbocycles. The molecule has 0 aliphatic carbocycles. The third-order valence-electron chi connectivity index (χ3n) is 3.78. The quantitative estimate of drug-likeness (QED) is 0.892. The Labute approximate surface area is 121 Å². The van der Waals surface area contributed by atoms with Gasteiger partial charge in [0, 0.05) is 12.6 Å². The number of nitrogens with zero attached hydrogens (tertiary/aromatic N) is 2. The second-order valence-electron chi connectivity index (χ2n) is 6.22. The van der Waals surface area contributed by atoms with Crippen molar-refractivity contribution >= 4 is 5.82 Å². The number of hydrogen-bond donors (Lipinski definition) is 1. The maximum absolute atomic E-state index is 4.36. The Balaban J connectivity index is 2.45. The molecule has 0 atom stereocenters. The topological polar surface area (TPSA) is 37.8 Å². The van der Waals surface area contributed by atoms with Gasteiger partial charge in [0.1, 0.15) is 0 Å². The second-order valence-corrected chi connectivity index (χ2v) is 6.22. The summed E-state index contributed by atoms with van der Waals surface area (Å²) in [5.41, 5.74) is 5.90. The van der Waals surface area contributed by atoms with Crippen molar-refractivity contribution in [1.29, 1.82) is 0 Å². The number of nitrogens with one attached hydrogen (secondary N) is 1. The van der Waals surface area contributed by atoms with Gasteiger partial charge in [-0.1, -0.05) is 45.0 Å². The van der Waals surface area contributed by atoms with Gasteiger partial charge in [-0.25, -0.2) is 0 Å². The molecule has 0 radical (unpaired) electrons. The fraction of sp³-hybridized carbons (Fsp3) is 0.412. The van der Waals surface area contributed by atoms with Crippen molar-refractivity contribution in [3.63, 3.8) is 0 Å². The van der Waals surface area contributed by atoms with Gasteiger partial charge in [0.25, 0.3) is 0 Å². The second kappa shape index (κ2) is 5.23. The van der Waals surface area contributed by atoms with E-state index in [1.807, 2.05) is 7.05 Å². The van der Waals surface area contributed by atoms with Crippen LogP contribution in [0.3, 0.4) is 0 Å². The molecule has 0 bridgehead atoms. The predicted molar refractivity (Wildman–Crippen MR) is 85.2 cm³/mol. The van der Waals surface area contributed by atoms with Crippen molar-refractivity contribution in [3.05, 3.63) is 41.0 Å². The zero-order valence-electron chi connectivity index (χ0n) is 13.2. The van der Waals surface area contributed by atoms with E-state index in [1.165, 1.54) is 11.1 Å². The van der Waals surface area contributed by atoms with E-state index in [-0.39, 0.29) is 5.41 Å². The molecule has 0 spiro atoms. The molecule has 0 fully saturated rings. The van der Waals surface area contributed by atoms with Crippen LogP contribution in [-0.2, 0) is 5.41 Å². The molecule has 0 unspecified atom stereocenters. The van der Waals surface area contributed by atoms with Gasteiger partial charge in [0.05, 0.1) is 5.69 Å². The van der Waals surface area contributed by atoms with E-state index in [0.29, 0.717) is 0 Å². The first-order valence-corrected chi connectivity index (χ1v) is 6.97. The van der Waals surface area contributed by atoms with Crippen LogP contribution in [0.1, 0.15) is 37.5 Å². The minimum absolute atomic E-state index is 0.172. The molecular weight excluding hydrogens is 246 g/mol. The lowest BCUT2D eigenvalue weighted by atomic mass is 9.86. The van der Waals surface area contributed by atoms with Gasteiger partial charge in [0.2, 0.25) is 0 Å². The van der Waals surface area contributed by atoms with Crippen molar-refractivity contribution in [2.45, 2.75) is 40.0 Å². The summed E-state index contributed by atoms with van der Waals surface area (Å²) in [5.74, 6) is 0.845. The fourth-order valence-electron chi connectivity index (χ4n) is 2.25. The zero-order chi connectivity index (χ0) is 14.9. The number of rotatable bonds is 2. The Bertz CT molecular complexity index is 607. The molecule has 3 heteroatoms. The molecule has 106 valence electrons. The highest BCUT2D eigenvalue weighted by molar-refractivity contribution is 5.66. The van der Waals surface area contributed by atoms with Crippen LogP contribution in [0.25, 0.3) is 11.3 Å². The number of anilines is 1. The van der Waals surface area contributed by atoms with Crippen molar-refractivity contribution in [1.82, 2.24) is 10.2 Å². The highest BCUT2D eigenvalue weighted by Gasteiger charge is 2.15. The zero-order valence-corrected chi connectivity index (χ0v) is 13.2. The van der Waals surface area contributed by atoms with Gasteiger partial charge < -0.3 is 5.32 Å². The number of benzene rings is 1. The van der Waals surface area contributed by atoms with Crippen LogP contribution in [0.5, 0.6) is 0 Å². The SMILES string of the molecule is CNc1nnc(-c2ccc(C(C)(C)C)cc2)c(C)c1C. The molecule has 0 aliphatic heterocycles. The fourth-order valence-corrected chi connectivity index (χ4v) is 2.25. The lowest BCUT2D eigenvalue weighted by Gasteiger charge is -2.19. The number of hydrogen-bond acceptors (Lipinski definition) is 3. The minimum atomic E-state index is 0.172. The van der Waals surface area contributed by atoms with Crippen LogP contribution in [-0.4, -0.2) is 17.2 Å². The lowest BCUT2D eigenvalue weighted by molar-refractivity contribution is 0.590. The van der Waals surface area contributed by atoms with E-state index in [4.69, 9.17) is 0 Å². The summed E-state index contributed by atoms with van der Waals surface area (Å²) in [5, 5.41) is 11.7. The van der Waals surface area contributed by atoms with Crippen molar-refractivity contribution in [2.75, 3.05) is 12.4 Å². The Morgan fingerprint density at radius 2 is 1.50 bits per heavy atom. The Hall–Kier alpha value is -1.90. The molecule has 2 rings (SSSR count). The molecule has 2 aromatic rings. The molecule has 1 N–H and O–H groups in total. The Morgan fingerprint density at radius 3 is 2.00 bits per heavy atom. The van der Waals surface area contributed by atoms with Gasteiger partial charge in [0.15, 0.2) is 5.82 Å². The van der Waals surface area contributed by atoms with Gasteiger partial charge in [-0.2, -0.15) is 0 Å². The average Bonchev–Trinajstić information content (AvgIpc) is 2.41. The molecule has 0 saturated heterocycles. The van der Waals surface area contributed by atoms with E-state index in [0.717, 1.165) is 22.6 Å². The molecule has 0 aliphatic rings. The van der Waals surface area contributed by atoms with Crippen molar-refractivity contribution in [2.24, 2.45) is 0 Å². The van der Waals surface area contributed by atoms with E-state index < -0.39 is 0 Å².